The minimum absolute atomic E-state index is 0.0145. The number of hydrogen-bond acceptors (Lipinski definition) is 12. The molecular weight excluding hydrogens is 540 g/mol. The Balaban J connectivity index is 1.53. The number of carboxylic acid groups (broad SMARTS) is 2. The second-order valence-electron chi connectivity index (χ2n) is 9.54. The molecule has 41 heavy (non-hydrogen) atoms. The zero-order valence-electron chi connectivity index (χ0n) is 22.4. The summed E-state index contributed by atoms with van der Waals surface area (Å²) in [7, 11) is 0. The van der Waals surface area contributed by atoms with Gasteiger partial charge in [0, 0.05) is 37.3 Å². The summed E-state index contributed by atoms with van der Waals surface area (Å²) in [6, 6.07) is 3.42. The van der Waals surface area contributed by atoms with Gasteiger partial charge < -0.3 is 42.0 Å². The molecule has 0 spiro atoms. The van der Waals surface area contributed by atoms with E-state index in [9.17, 15) is 24.3 Å². The van der Waals surface area contributed by atoms with Crippen molar-refractivity contribution in [1.82, 2.24) is 20.3 Å². The first kappa shape index (κ1) is 29.6. The van der Waals surface area contributed by atoms with E-state index in [2.05, 4.69) is 31.2 Å². The second kappa shape index (κ2) is 13.3. The molecule has 0 aliphatic carbocycles. The Labute approximate surface area is 234 Å². The number of nitrogen functional groups attached to an aromatic ring is 1. The number of hydrogen-bond donors (Lipinski definition) is 8. The van der Waals surface area contributed by atoms with Gasteiger partial charge in [-0.1, -0.05) is 0 Å². The fraction of sp³-hybridized carbons (Fsp3) is 0.480. The van der Waals surface area contributed by atoms with Crippen molar-refractivity contribution >= 4 is 41.0 Å². The van der Waals surface area contributed by atoms with Crippen LogP contribution >= 0.6 is 0 Å². The lowest BCUT2D eigenvalue weighted by Crippen LogP contribution is -2.42. The number of anilines is 4. The monoisotopic (exact) mass is 574 g/mol. The average molecular weight is 575 g/mol. The number of carbonyl (C=O) groups is 3. The highest BCUT2D eigenvalue weighted by Gasteiger charge is 2.29. The van der Waals surface area contributed by atoms with Crippen LogP contribution in [0.25, 0.3) is 0 Å². The number of rotatable bonds is 12. The predicted octanol–water partition coefficient (Wildman–Crippen LogP) is 0.0428. The topological polar surface area (TPSA) is 233 Å². The fourth-order valence-corrected chi connectivity index (χ4v) is 4.61. The maximum Gasteiger partial charge on any atom is 0.326 e. The molecule has 0 bridgehead atoms. The first-order valence-corrected chi connectivity index (χ1v) is 13.2. The van der Waals surface area contributed by atoms with Crippen LogP contribution < -0.4 is 32.6 Å². The SMILES string of the molecule is CCON1CCOC(c2cc(NCC3CNc4nc(N)[nH]c(=O)c4N3)ccc2C(=O)NC(CCC(=O)O)C(=O)O)C1. The Kier molecular flexibility index (Phi) is 9.59. The zero-order chi connectivity index (χ0) is 29.5. The van der Waals surface area contributed by atoms with Gasteiger partial charge in [0.15, 0.2) is 5.82 Å². The molecule has 1 aromatic heterocycles. The molecule has 9 N–H and O–H groups in total. The van der Waals surface area contributed by atoms with Gasteiger partial charge >= 0.3 is 11.9 Å². The third kappa shape index (κ3) is 7.62. The average Bonchev–Trinajstić information content (AvgIpc) is 2.94. The van der Waals surface area contributed by atoms with Crippen LogP contribution in [0.3, 0.4) is 0 Å². The van der Waals surface area contributed by atoms with Crippen LogP contribution in [0.1, 0.15) is 41.8 Å². The molecule has 222 valence electrons. The molecule has 1 amide bonds. The number of amides is 1. The Hall–Kier alpha value is -4.41. The lowest BCUT2D eigenvalue weighted by atomic mass is 9.98. The van der Waals surface area contributed by atoms with Crippen molar-refractivity contribution in [1.29, 1.82) is 0 Å². The third-order valence-electron chi connectivity index (χ3n) is 6.59. The lowest BCUT2D eigenvalue weighted by Gasteiger charge is -2.33. The number of nitrogens with one attached hydrogen (secondary N) is 5. The van der Waals surface area contributed by atoms with Gasteiger partial charge in [0.1, 0.15) is 11.7 Å². The largest absolute Gasteiger partial charge is 0.481 e. The van der Waals surface area contributed by atoms with Crippen LogP contribution in [0.2, 0.25) is 0 Å². The Morgan fingerprint density at radius 3 is 2.85 bits per heavy atom. The van der Waals surface area contributed by atoms with Gasteiger partial charge in [0.25, 0.3) is 11.5 Å². The fourth-order valence-electron chi connectivity index (χ4n) is 4.61. The van der Waals surface area contributed by atoms with Crippen LogP contribution in [-0.4, -0.2) is 94.6 Å². The van der Waals surface area contributed by atoms with Gasteiger partial charge in [-0.25, -0.2) is 4.79 Å². The van der Waals surface area contributed by atoms with Crippen molar-refractivity contribution in [3.63, 3.8) is 0 Å². The number of aliphatic carboxylic acids is 2. The van der Waals surface area contributed by atoms with Crippen LogP contribution in [0.5, 0.6) is 0 Å². The molecule has 0 saturated carbocycles. The number of carboxylic acids is 2. The van der Waals surface area contributed by atoms with Crippen molar-refractivity contribution in [2.24, 2.45) is 0 Å². The highest BCUT2D eigenvalue weighted by Crippen LogP contribution is 2.29. The molecule has 2 aromatic rings. The van der Waals surface area contributed by atoms with Gasteiger partial charge in [-0.2, -0.15) is 10.0 Å². The first-order valence-electron chi connectivity index (χ1n) is 13.2. The molecule has 16 nitrogen and oxygen atoms in total. The number of H-pyrrole nitrogens is 1. The standard InChI is InChI=1S/C25H34N8O8/c1-2-41-33-7-8-40-18(12-33)16-9-13(3-4-15(16)22(36)30-17(24(38)39)5-6-19(34)35)27-10-14-11-28-21-20(29-14)23(37)32-25(26)31-21/h3-4,9,14,17-18,27,29H,2,5-8,10-12H2,1H3,(H,30,36)(H,34,35)(H,38,39)(H4,26,28,31,32,37). The van der Waals surface area contributed by atoms with E-state index in [0.717, 1.165) is 0 Å². The molecule has 1 saturated heterocycles. The summed E-state index contributed by atoms with van der Waals surface area (Å²) in [5.41, 5.74) is 6.86. The number of nitrogens with two attached hydrogens (primary N) is 1. The Morgan fingerprint density at radius 1 is 1.32 bits per heavy atom. The zero-order valence-corrected chi connectivity index (χ0v) is 22.4. The summed E-state index contributed by atoms with van der Waals surface area (Å²) in [4.78, 5) is 60.3. The molecule has 0 radical (unpaired) electrons. The second-order valence-corrected chi connectivity index (χ2v) is 9.54. The normalized spacial score (nSPS) is 19.2. The van der Waals surface area contributed by atoms with E-state index < -0.39 is 42.0 Å². The number of aromatic nitrogens is 2. The van der Waals surface area contributed by atoms with E-state index in [0.29, 0.717) is 56.5 Å². The third-order valence-corrected chi connectivity index (χ3v) is 6.59. The molecule has 2 aliphatic rings. The van der Waals surface area contributed by atoms with Crippen LogP contribution in [0.15, 0.2) is 23.0 Å². The highest BCUT2D eigenvalue weighted by molar-refractivity contribution is 5.98. The molecule has 1 aromatic carbocycles. The highest BCUT2D eigenvalue weighted by atomic mass is 16.7. The minimum Gasteiger partial charge on any atom is -0.481 e. The minimum atomic E-state index is -1.38. The van der Waals surface area contributed by atoms with Gasteiger partial charge in [-0.05, 0) is 37.1 Å². The number of aromatic amines is 1. The number of ether oxygens (including phenoxy) is 1. The smallest absolute Gasteiger partial charge is 0.326 e. The summed E-state index contributed by atoms with van der Waals surface area (Å²) in [5, 5.41) is 32.2. The molecule has 3 heterocycles. The molecule has 1 fully saturated rings. The van der Waals surface area contributed by atoms with Gasteiger partial charge in [0.05, 0.1) is 31.9 Å². The summed E-state index contributed by atoms with van der Waals surface area (Å²) in [6.07, 6.45) is -1.23. The van der Waals surface area contributed by atoms with Crippen molar-refractivity contribution < 1.29 is 34.2 Å². The number of carbonyl (C=O) groups excluding carboxylic acids is 1. The van der Waals surface area contributed by atoms with Gasteiger partial charge in [0.2, 0.25) is 5.95 Å². The van der Waals surface area contributed by atoms with Crippen molar-refractivity contribution in [2.45, 2.75) is 38.0 Å². The number of nitrogens with zero attached hydrogens (tertiary/aromatic N) is 2. The van der Waals surface area contributed by atoms with Crippen molar-refractivity contribution in [3.05, 3.63) is 39.7 Å². The van der Waals surface area contributed by atoms with Crippen LogP contribution in [0, 0.1) is 0 Å². The van der Waals surface area contributed by atoms with Crippen LogP contribution in [-0.2, 0) is 19.2 Å². The molecule has 2 aliphatic heterocycles. The number of morpholine rings is 1. The Bertz CT molecular complexity index is 1330. The first-order chi connectivity index (χ1) is 19.6. The molecule has 3 atom stereocenters. The lowest BCUT2D eigenvalue weighted by molar-refractivity contribution is -0.210. The van der Waals surface area contributed by atoms with E-state index >= 15 is 0 Å². The van der Waals surface area contributed by atoms with E-state index in [1.807, 2.05) is 6.92 Å². The number of hydroxylamine groups is 2. The molecule has 3 unspecified atom stereocenters. The number of benzene rings is 1. The van der Waals surface area contributed by atoms with E-state index in [1.165, 1.54) is 0 Å². The molecule has 16 heteroatoms. The predicted molar refractivity (Wildman–Crippen MR) is 148 cm³/mol. The van der Waals surface area contributed by atoms with Crippen molar-refractivity contribution in [3.8, 4) is 0 Å². The van der Waals surface area contributed by atoms with Gasteiger partial charge in [-0.15, -0.1) is 0 Å². The maximum absolute atomic E-state index is 13.3. The summed E-state index contributed by atoms with van der Waals surface area (Å²) in [6.45, 7) is 4.41. The number of fused-ring (bicyclic) bond motifs is 1. The summed E-state index contributed by atoms with van der Waals surface area (Å²) in [5.74, 6) is -2.77. The van der Waals surface area contributed by atoms with Gasteiger partial charge in [-0.3, -0.25) is 24.2 Å². The summed E-state index contributed by atoms with van der Waals surface area (Å²) >= 11 is 0. The van der Waals surface area contributed by atoms with E-state index in [4.69, 9.17) is 20.4 Å². The van der Waals surface area contributed by atoms with E-state index in [-0.39, 0.29) is 29.7 Å². The molecular formula is C25H34N8O8. The quantitative estimate of drug-likeness (QED) is 0.167. The van der Waals surface area contributed by atoms with Crippen LogP contribution in [0.4, 0.5) is 23.1 Å². The van der Waals surface area contributed by atoms with E-state index in [1.54, 1.807) is 23.3 Å². The Morgan fingerprint density at radius 2 is 2.12 bits per heavy atom. The maximum atomic E-state index is 13.3. The molecule has 4 rings (SSSR count). The summed E-state index contributed by atoms with van der Waals surface area (Å²) < 4.78 is 5.97. The van der Waals surface area contributed by atoms with Crippen molar-refractivity contribution in [2.75, 3.05) is 61.1 Å².